The first-order chi connectivity index (χ1) is 7.99. The quantitative estimate of drug-likeness (QED) is 0.875. The van der Waals surface area contributed by atoms with E-state index in [0.717, 1.165) is 28.3 Å². The molecule has 17 heavy (non-hydrogen) atoms. The number of halogens is 1. The fraction of sp³-hybridized carbons (Fsp3) is 0.571. The number of hydrogen-bond donors (Lipinski definition) is 1. The third-order valence-corrected chi connectivity index (χ3v) is 3.47. The zero-order chi connectivity index (χ0) is 13.0. The van der Waals surface area contributed by atoms with Crippen LogP contribution in [0.15, 0.2) is 12.1 Å². The average molecular weight is 256 g/mol. The van der Waals surface area contributed by atoms with Crippen molar-refractivity contribution in [3.8, 4) is 5.75 Å². The molecule has 2 nitrogen and oxygen atoms in total. The number of ether oxygens (including phenoxy) is 1. The summed E-state index contributed by atoms with van der Waals surface area (Å²) in [4.78, 5) is 0. The monoisotopic (exact) mass is 255 g/mol. The first-order valence-electron chi connectivity index (χ1n) is 6.02. The minimum atomic E-state index is 0.460. The Morgan fingerprint density at radius 3 is 2.47 bits per heavy atom. The van der Waals surface area contributed by atoms with Crippen LogP contribution in [0.3, 0.4) is 0 Å². The van der Waals surface area contributed by atoms with E-state index in [1.54, 1.807) is 7.11 Å². The number of benzene rings is 1. The molecule has 1 aromatic carbocycles. The highest BCUT2D eigenvalue weighted by Gasteiger charge is 2.16. The molecule has 0 saturated heterocycles. The van der Waals surface area contributed by atoms with Crippen molar-refractivity contribution < 1.29 is 4.74 Å². The van der Waals surface area contributed by atoms with Gasteiger partial charge in [0.1, 0.15) is 5.75 Å². The Kier molecular flexibility index (Phi) is 5.29. The third kappa shape index (κ3) is 3.62. The normalized spacial score (nSPS) is 12.9. The summed E-state index contributed by atoms with van der Waals surface area (Å²) in [5.41, 5.74) is 8.05. The fourth-order valence-electron chi connectivity index (χ4n) is 2.12. The van der Waals surface area contributed by atoms with Crippen LogP contribution in [-0.2, 0) is 6.42 Å². The molecule has 0 spiro atoms. The summed E-state index contributed by atoms with van der Waals surface area (Å²) in [6.07, 6.45) is 0.915. The Morgan fingerprint density at radius 2 is 2.00 bits per heavy atom. The van der Waals surface area contributed by atoms with Gasteiger partial charge < -0.3 is 10.5 Å². The summed E-state index contributed by atoms with van der Waals surface area (Å²) in [6, 6.07) is 3.91. The molecule has 0 fully saturated rings. The highest BCUT2D eigenvalue weighted by Crippen LogP contribution is 2.30. The SMILES string of the molecule is COc1c(C)cc(Cl)cc1CC(CN)C(C)C. The Balaban J connectivity index is 3.04. The molecule has 0 heterocycles. The second-order valence-corrected chi connectivity index (χ2v) is 5.30. The van der Waals surface area contributed by atoms with Crippen LogP contribution in [0.2, 0.25) is 5.02 Å². The topological polar surface area (TPSA) is 35.2 Å². The molecule has 0 bridgehead atoms. The van der Waals surface area contributed by atoms with Gasteiger partial charge >= 0.3 is 0 Å². The van der Waals surface area contributed by atoms with Gasteiger partial charge in [-0.1, -0.05) is 25.4 Å². The zero-order valence-electron chi connectivity index (χ0n) is 11.1. The van der Waals surface area contributed by atoms with Gasteiger partial charge in [-0.05, 0) is 55.0 Å². The molecule has 1 unspecified atom stereocenters. The lowest BCUT2D eigenvalue weighted by Gasteiger charge is -2.21. The number of aryl methyl sites for hydroxylation is 1. The van der Waals surface area contributed by atoms with Crippen molar-refractivity contribution in [3.05, 3.63) is 28.3 Å². The highest BCUT2D eigenvalue weighted by atomic mass is 35.5. The molecule has 96 valence electrons. The van der Waals surface area contributed by atoms with Crippen LogP contribution in [0.5, 0.6) is 5.75 Å². The van der Waals surface area contributed by atoms with Crippen molar-refractivity contribution in [1.82, 2.24) is 0 Å². The van der Waals surface area contributed by atoms with E-state index in [1.165, 1.54) is 0 Å². The molecule has 0 saturated carbocycles. The Labute approximate surface area is 109 Å². The van der Waals surface area contributed by atoms with Crippen molar-refractivity contribution in [3.63, 3.8) is 0 Å². The van der Waals surface area contributed by atoms with Crippen LogP contribution in [0.1, 0.15) is 25.0 Å². The lowest BCUT2D eigenvalue weighted by molar-refractivity contribution is 0.372. The van der Waals surface area contributed by atoms with Crippen molar-refractivity contribution in [2.75, 3.05) is 13.7 Å². The Hall–Kier alpha value is -0.730. The van der Waals surface area contributed by atoms with Gasteiger partial charge in [0, 0.05) is 5.02 Å². The molecule has 1 aromatic rings. The third-order valence-electron chi connectivity index (χ3n) is 3.25. The molecular weight excluding hydrogens is 234 g/mol. The largest absolute Gasteiger partial charge is 0.496 e. The number of methoxy groups -OCH3 is 1. The van der Waals surface area contributed by atoms with Crippen LogP contribution < -0.4 is 10.5 Å². The fourth-order valence-corrected chi connectivity index (χ4v) is 2.41. The maximum atomic E-state index is 6.10. The zero-order valence-corrected chi connectivity index (χ0v) is 11.8. The lowest BCUT2D eigenvalue weighted by atomic mass is 9.88. The van der Waals surface area contributed by atoms with Crippen molar-refractivity contribution in [2.24, 2.45) is 17.6 Å². The molecule has 2 N–H and O–H groups in total. The Bertz CT molecular complexity index is 377. The van der Waals surface area contributed by atoms with E-state index >= 15 is 0 Å². The molecular formula is C14H22ClNO. The van der Waals surface area contributed by atoms with E-state index in [-0.39, 0.29) is 0 Å². The van der Waals surface area contributed by atoms with Crippen molar-refractivity contribution in [2.45, 2.75) is 27.2 Å². The molecule has 0 amide bonds. The van der Waals surface area contributed by atoms with Gasteiger partial charge in [-0.3, -0.25) is 0 Å². The predicted molar refractivity (Wildman–Crippen MR) is 73.8 cm³/mol. The predicted octanol–water partition coefficient (Wildman–Crippen LogP) is 3.43. The van der Waals surface area contributed by atoms with Gasteiger partial charge in [0.05, 0.1) is 7.11 Å². The summed E-state index contributed by atoms with van der Waals surface area (Å²) in [7, 11) is 1.70. The molecule has 0 aliphatic heterocycles. The second-order valence-electron chi connectivity index (χ2n) is 4.86. The summed E-state index contributed by atoms with van der Waals surface area (Å²) < 4.78 is 5.46. The van der Waals surface area contributed by atoms with Crippen LogP contribution in [0.25, 0.3) is 0 Å². The molecule has 0 aliphatic rings. The Morgan fingerprint density at radius 1 is 1.35 bits per heavy atom. The summed E-state index contributed by atoms with van der Waals surface area (Å²) in [5, 5.41) is 0.762. The summed E-state index contributed by atoms with van der Waals surface area (Å²) in [6.45, 7) is 7.09. The van der Waals surface area contributed by atoms with Crippen molar-refractivity contribution >= 4 is 11.6 Å². The first-order valence-corrected chi connectivity index (χ1v) is 6.40. The maximum Gasteiger partial charge on any atom is 0.125 e. The minimum Gasteiger partial charge on any atom is -0.496 e. The van der Waals surface area contributed by atoms with Gasteiger partial charge in [0.25, 0.3) is 0 Å². The highest BCUT2D eigenvalue weighted by molar-refractivity contribution is 6.30. The standard InChI is InChI=1S/C14H22ClNO/c1-9(2)12(8-16)6-11-7-13(15)5-10(3)14(11)17-4/h5,7,9,12H,6,8,16H2,1-4H3. The molecule has 1 rings (SSSR count). The van der Waals surface area contributed by atoms with Gasteiger partial charge in [-0.25, -0.2) is 0 Å². The number of hydrogen-bond acceptors (Lipinski definition) is 2. The van der Waals surface area contributed by atoms with Gasteiger partial charge in [0.15, 0.2) is 0 Å². The number of rotatable bonds is 5. The summed E-state index contributed by atoms with van der Waals surface area (Å²) in [5.74, 6) is 1.96. The van der Waals surface area contributed by atoms with E-state index in [9.17, 15) is 0 Å². The number of nitrogens with two attached hydrogens (primary N) is 1. The van der Waals surface area contributed by atoms with Gasteiger partial charge in [-0.15, -0.1) is 0 Å². The smallest absolute Gasteiger partial charge is 0.125 e. The molecule has 3 heteroatoms. The van der Waals surface area contributed by atoms with Crippen LogP contribution in [0, 0.1) is 18.8 Å². The molecule has 0 radical (unpaired) electrons. The van der Waals surface area contributed by atoms with E-state index in [4.69, 9.17) is 22.1 Å². The van der Waals surface area contributed by atoms with Crippen LogP contribution >= 0.6 is 11.6 Å². The second kappa shape index (κ2) is 6.27. The van der Waals surface area contributed by atoms with Crippen molar-refractivity contribution in [1.29, 1.82) is 0 Å². The van der Waals surface area contributed by atoms with Crippen LogP contribution in [-0.4, -0.2) is 13.7 Å². The van der Waals surface area contributed by atoms with Crippen LogP contribution in [0.4, 0.5) is 0 Å². The molecule has 1 atom stereocenters. The summed E-state index contributed by atoms with van der Waals surface area (Å²) >= 11 is 6.10. The van der Waals surface area contributed by atoms with Gasteiger partial charge in [-0.2, -0.15) is 0 Å². The molecule has 0 aliphatic carbocycles. The maximum absolute atomic E-state index is 6.10. The van der Waals surface area contributed by atoms with E-state index in [0.29, 0.717) is 18.4 Å². The van der Waals surface area contributed by atoms with Gasteiger partial charge in [0.2, 0.25) is 0 Å². The van der Waals surface area contributed by atoms with E-state index in [2.05, 4.69) is 13.8 Å². The lowest BCUT2D eigenvalue weighted by Crippen LogP contribution is -2.22. The first kappa shape index (κ1) is 14.3. The minimum absolute atomic E-state index is 0.460. The van der Waals surface area contributed by atoms with E-state index < -0.39 is 0 Å². The molecule has 0 aromatic heterocycles. The van der Waals surface area contributed by atoms with E-state index in [1.807, 2.05) is 19.1 Å². The average Bonchev–Trinajstić information content (AvgIpc) is 2.24.